The molecule has 0 N–H and O–H groups in total. The zero-order chi connectivity index (χ0) is 23.1. The van der Waals surface area contributed by atoms with E-state index in [0.29, 0.717) is 0 Å². The van der Waals surface area contributed by atoms with Crippen LogP contribution in [0.15, 0.2) is 24.3 Å². The fraction of sp³-hybridized carbons (Fsp3) is 0.625. The Morgan fingerprint density at radius 3 is 1.00 bits per heavy atom. The van der Waals surface area contributed by atoms with Crippen molar-refractivity contribution in [2.75, 3.05) is 51.6 Å². The lowest BCUT2D eigenvalue weighted by Gasteiger charge is -2.23. The van der Waals surface area contributed by atoms with Crippen LogP contribution in [0.25, 0.3) is 0 Å². The first-order chi connectivity index (χ1) is 13.9. The van der Waals surface area contributed by atoms with Crippen LogP contribution in [0.4, 0.5) is 26.3 Å². The standard InChI is InChI=1S/C16H20F6O6S2/c17-5-15(6-18,7-19)11-29(23,24)27-13-1-2-14(4-3-13)28-30(25,26)12-16(8-20,9-21)10-22/h1-4H,5-12H2. The fourth-order valence-corrected chi connectivity index (χ4v) is 4.99. The van der Waals surface area contributed by atoms with Gasteiger partial charge in [0.05, 0.1) is 22.3 Å². The molecular weight excluding hydrogens is 466 g/mol. The second kappa shape index (κ2) is 10.6. The first kappa shape index (κ1) is 26.3. The maximum absolute atomic E-state index is 12.8. The molecule has 0 saturated heterocycles. The number of alkyl halides is 6. The van der Waals surface area contributed by atoms with Gasteiger partial charge in [-0.05, 0) is 24.3 Å². The summed E-state index contributed by atoms with van der Waals surface area (Å²) in [5.41, 5.74) is -4.79. The van der Waals surface area contributed by atoms with E-state index in [4.69, 9.17) is 0 Å². The van der Waals surface area contributed by atoms with Crippen LogP contribution in [-0.2, 0) is 20.2 Å². The number of halogens is 6. The lowest BCUT2D eigenvalue weighted by atomic mass is 9.96. The number of benzene rings is 1. The molecule has 0 bridgehead atoms. The van der Waals surface area contributed by atoms with Crippen LogP contribution in [0.3, 0.4) is 0 Å². The van der Waals surface area contributed by atoms with Crippen molar-refractivity contribution >= 4 is 20.2 Å². The van der Waals surface area contributed by atoms with Crippen molar-refractivity contribution in [1.82, 2.24) is 0 Å². The minimum Gasteiger partial charge on any atom is -0.382 e. The van der Waals surface area contributed by atoms with Crippen LogP contribution in [-0.4, -0.2) is 68.4 Å². The average molecular weight is 486 g/mol. The zero-order valence-electron chi connectivity index (χ0n) is 15.5. The van der Waals surface area contributed by atoms with Gasteiger partial charge in [-0.3, -0.25) is 26.3 Å². The number of rotatable bonds is 14. The van der Waals surface area contributed by atoms with Crippen molar-refractivity contribution in [3.8, 4) is 11.5 Å². The molecule has 0 heterocycles. The van der Waals surface area contributed by atoms with Crippen molar-refractivity contribution < 1.29 is 51.5 Å². The predicted molar refractivity (Wildman–Crippen MR) is 96.0 cm³/mol. The molecule has 14 heteroatoms. The third-order valence-electron chi connectivity index (χ3n) is 3.94. The normalized spacial score (nSPS) is 13.3. The van der Waals surface area contributed by atoms with Crippen molar-refractivity contribution in [2.45, 2.75) is 0 Å². The molecule has 1 rings (SSSR count). The minimum atomic E-state index is -4.61. The van der Waals surface area contributed by atoms with Gasteiger partial charge in [-0.1, -0.05) is 0 Å². The zero-order valence-corrected chi connectivity index (χ0v) is 17.1. The van der Waals surface area contributed by atoms with E-state index in [9.17, 15) is 43.2 Å². The minimum absolute atomic E-state index is 0.407. The van der Waals surface area contributed by atoms with Gasteiger partial charge in [0.25, 0.3) is 0 Å². The predicted octanol–water partition coefficient (Wildman–Crippen LogP) is 2.89. The SMILES string of the molecule is O=S(=O)(CC(CF)(CF)CF)Oc1ccc(OS(=O)(=O)CC(CF)(CF)CF)cc1. The molecule has 0 spiro atoms. The van der Waals surface area contributed by atoms with E-state index in [0.717, 1.165) is 24.3 Å². The Morgan fingerprint density at radius 1 is 0.567 bits per heavy atom. The molecular formula is C16H20F6O6S2. The van der Waals surface area contributed by atoms with E-state index in [2.05, 4.69) is 8.37 Å². The highest BCUT2D eigenvalue weighted by molar-refractivity contribution is 7.87. The van der Waals surface area contributed by atoms with E-state index in [1.807, 2.05) is 0 Å². The largest absolute Gasteiger partial charge is 0.382 e. The van der Waals surface area contributed by atoms with Crippen molar-refractivity contribution in [3.05, 3.63) is 24.3 Å². The molecule has 0 fully saturated rings. The summed E-state index contributed by atoms with van der Waals surface area (Å²) in [5, 5.41) is 0. The summed E-state index contributed by atoms with van der Waals surface area (Å²) in [7, 11) is -9.23. The lowest BCUT2D eigenvalue weighted by molar-refractivity contribution is 0.134. The molecule has 6 nitrogen and oxygen atoms in total. The molecule has 1 aromatic rings. The van der Waals surface area contributed by atoms with Crippen LogP contribution in [0.2, 0.25) is 0 Å². The smallest absolute Gasteiger partial charge is 0.310 e. The first-order valence-corrected chi connectivity index (χ1v) is 11.4. The van der Waals surface area contributed by atoms with E-state index in [-0.39, 0.29) is 0 Å². The molecule has 0 aromatic heterocycles. The quantitative estimate of drug-likeness (QED) is 0.297. The van der Waals surface area contributed by atoms with E-state index < -0.39 is 94.1 Å². The van der Waals surface area contributed by atoms with Crippen LogP contribution in [0.1, 0.15) is 0 Å². The van der Waals surface area contributed by atoms with E-state index in [1.54, 1.807) is 0 Å². The summed E-state index contributed by atoms with van der Waals surface area (Å²) in [4.78, 5) is 0. The summed E-state index contributed by atoms with van der Waals surface area (Å²) in [6.07, 6.45) is 0. The first-order valence-electron chi connectivity index (χ1n) is 8.24. The molecule has 0 unspecified atom stereocenters. The van der Waals surface area contributed by atoms with Crippen molar-refractivity contribution in [3.63, 3.8) is 0 Å². The summed E-state index contributed by atoms with van der Waals surface area (Å²) < 4.78 is 134. The Balaban J connectivity index is 2.89. The van der Waals surface area contributed by atoms with Crippen LogP contribution in [0.5, 0.6) is 11.5 Å². The van der Waals surface area contributed by atoms with Gasteiger partial charge < -0.3 is 8.37 Å². The van der Waals surface area contributed by atoms with Gasteiger partial charge in [-0.25, -0.2) is 0 Å². The number of hydrogen-bond donors (Lipinski definition) is 0. The van der Waals surface area contributed by atoms with Gasteiger partial charge in [0.1, 0.15) is 51.5 Å². The summed E-state index contributed by atoms with van der Waals surface area (Å²) in [6.45, 7) is -9.47. The van der Waals surface area contributed by atoms with E-state index in [1.165, 1.54) is 0 Å². The third-order valence-corrected chi connectivity index (χ3v) is 6.76. The highest BCUT2D eigenvalue weighted by Gasteiger charge is 2.39. The second-order valence-corrected chi connectivity index (χ2v) is 9.99. The Morgan fingerprint density at radius 2 is 0.800 bits per heavy atom. The molecule has 0 aliphatic rings. The van der Waals surface area contributed by atoms with Gasteiger partial charge >= 0.3 is 20.2 Å². The fourth-order valence-electron chi connectivity index (χ4n) is 2.10. The third kappa shape index (κ3) is 7.22. The second-order valence-electron chi connectivity index (χ2n) is 6.84. The van der Waals surface area contributed by atoms with Crippen molar-refractivity contribution in [2.24, 2.45) is 10.8 Å². The summed E-state index contributed by atoms with van der Waals surface area (Å²) in [5.74, 6) is -3.38. The molecule has 0 aliphatic heterocycles. The van der Waals surface area contributed by atoms with Gasteiger partial charge in [-0.2, -0.15) is 16.8 Å². The van der Waals surface area contributed by atoms with Gasteiger partial charge in [0.15, 0.2) is 0 Å². The Kier molecular flexibility index (Phi) is 9.26. The van der Waals surface area contributed by atoms with Gasteiger partial charge in [-0.15, -0.1) is 0 Å². The lowest BCUT2D eigenvalue weighted by Crippen LogP contribution is -2.38. The van der Waals surface area contributed by atoms with Crippen molar-refractivity contribution in [1.29, 1.82) is 0 Å². The molecule has 0 saturated carbocycles. The maximum Gasteiger partial charge on any atom is 0.310 e. The maximum atomic E-state index is 12.8. The Bertz CT molecular complexity index is 778. The van der Waals surface area contributed by atoms with Crippen LogP contribution >= 0.6 is 0 Å². The average Bonchev–Trinajstić information content (AvgIpc) is 2.71. The van der Waals surface area contributed by atoms with Crippen LogP contribution in [0, 0.1) is 10.8 Å². The molecule has 0 amide bonds. The summed E-state index contributed by atoms with van der Waals surface area (Å²) in [6, 6.07) is 3.66. The molecule has 0 radical (unpaired) electrons. The topological polar surface area (TPSA) is 86.7 Å². The molecule has 30 heavy (non-hydrogen) atoms. The Labute approximate surface area is 170 Å². The van der Waals surface area contributed by atoms with Crippen LogP contribution < -0.4 is 8.37 Å². The van der Waals surface area contributed by atoms with Gasteiger partial charge in [0, 0.05) is 0 Å². The summed E-state index contributed by atoms with van der Waals surface area (Å²) >= 11 is 0. The molecule has 1 aromatic carbocycles. The Hall–Kier alpha value is -1.70. The molecule has 174 valence electrons. The highest BCUT2D eigenvalue weighted by Crippen LogP contribution is 2.27. The molecule has 0 aliphatic carbocycles. The highest BCUT2D eigenvalue weighted by atomic mass is 32.2. The monoisotopic (exact) mass is 486 g/mol. The van der Waals surface area contributed by atoms with E-state index >= 15 is 0 Å². The number of hydrogen-bond acceptors (Lipinski definition) is 6. The van der Waals surface area contributed by atoms with Gasteiger partial charge in [0.2, 0.25) is 0 Å². The molecule has 0 atom stereocenters.